The van der Waals surface area contributed by atoms with Crippen molar-refractivity contribution in [2.45, 2.75) is 0 Å². The van der Waals surface area contributed by atoms with E-state index >= 15 is 0 Å². The zero-order valence-corrected chi connectivity index (χ0v) is 11.9. The molecule has 5 nitrogen and oxygen atoms in total. The molecule has 0 aliphatic carbocycles. The normalized spacial score (nSPS) is 12.0. The molecule has 0 amide bonds. The van der Waals surface area contributed by atoms with Crippen molar-refractivity contribution >= 4 is 43.9 Å². The van der Waals surface area contributed by atoms with Crippen LogP contribution in [0.1, 0.15) is 0 Å². The Kier molecular flexibility index (Phi) is 2.07. The molecule has 3 N–H and O–H groups in total. The highest BCUT2D eigenvalue weighted by atomic mass is 16.3. The molecule has 5 rings (SSSR count). The summed E-state index contributed by atoms with van der Waals surface area (Å²) in [6.45, 7) is 0. The summed E-state index contributed by atoms with van der Waals surface area (Å²) in [7, 11) is 0. The average molecular weight is 301 g/mol. The third-order valence-electron chi connectivity index (χ3n) is 4.42. The first kappa shape index (κ1) is 12.2. The van der Waals surface area contributed by atoms with Crippen LogP contribution in [0.3, 0.4) is 0 Å². The van der Waals surface area contributed by atoms with Crippen LogP contribution < -0.4 is 11.3 Å². The third kappa shape index (κ3) is 1.36. The van der Waals surface area contributed by atoms with Gasteiger partial charge in [0.1, 0.15) is 11.4 Å². The largest absolute Gasteiger partial charge is 0.506 e. The number of para-hydroxylation sites is 2. The smallest absolute Gasteiger partial charge is 0.264 e. The van der Waals surface area contributed by atoms with Crippen molar-refractivity contribution in [3.63, 3.8) is 0 Å². The van der Waals surface area contributed by atoms with E-state index in [1.54, 1.807) is 22.6 Å². The predicted octanol–water partition coefficient (Wildman–Crippen LogP) is 2.88. The number of benzene rings is 3. The molecule has 110 valence electrons. The third-order valence-corrected chi connectivity index (χ3v) is 4.42. The van der Waals surface area contributed by atoms with Gasteiger partial charge in [0.25, 0.3) is 5.56 Å². The van der Waals surface area contributed by atoms with Crippen LogP contribution >= 0.6 is 0 Å². The van der Waals surface area contributed by atoms with Gasteiger partial charge in [-0.05, 0) is 24.3 Å². The monoisotopic (exact) mass is 301 g/mol. The molecule has 0 atom stereocenters. The molecule has 23 heavy (non-hydrogen) atoms. The molecule has 0 bridgehead atoms. The van der Waals surface area contributed by atoms with Gasteiger partial charge in [0, 0.05) is 21.5 Å². The lowest BCUT2D eigenvalue weighted by atomic mass is 10.0. The van der Waals surface area contributed by atoms with E-state index in [2.05, 4.69) is 4.98 Å². The summed E-state index contributed by atoms with van der Waals surface area (Å²) >= 11 is 0. The van der Waals surface area contributed by atoms with E-state index in [-0.39, 0.29) is 17.0 Å². The summed E-state index contributed by atoms with van der Waals surface area (Å²) in [5, 5.41) is 12.9. The van der Waals surface area contributed by atoms with Gasteiger partial charge in [-0.3, -0.25) is 9.20 Å². The minimum Gasteiger partial charge on any atom is -0.506 e. The minimum absolute atomic E-state index is 0.00222. The molecule has 3 aromatic carbocycles. The van der Waals surface area contributed by atoms with E-state index in [9.17, 15) is 9.90 Å². The number of rotatable bonds is 0. The van der Waals surface area contributed by atoms with Crippen molar-refractivity contribution in [2.75, 3.05) is 5.73 Å². The molecule has 5 aromatic rings. The Bertz CT molecular complexity index is 1300. The molecular formula is C18H11N3O2. The van der Waals surface area contributed by atoms with Crippen LogP contribution in [0.5, 0.6) is 5.75 Å². The second kappa shape index (κ2) is 3.89. The molecule has 0 saturated carbocycles. The van der Waals surface area contributed by atoms with Gasteiger partial charge in [0.2, 0.25) is 0 Å². The molecule has 0 fully saturated rings. The zero-order valence-electron chi connectivity index (χ0n) is 11.9. The molecule has 0 aliphatic heterocycles. The fraction of sp³-hybridized carbons (Fsp3) is 0. The van der Waals surface area contributed by atoms with Crippen molar-refractivity contribution in [1.29, 1.82) is 0 Å². The number of phenols is 1. The van der Waals surface area contributed by atoms with Gasteiger partial charge in [-0.2, -0.15) is 0 Å². The van der Waals surface area contributed by atoms with E-state index in [1.165, 1.54) is 0 Å². The number of aromatic nitrogens is 2. The molecule has 0 radical (unpaired) electrons. The Morgan fingerprint density at radius 2 is 1.78 bits per heavy atom. The van der Waals surface area contributed by atoms with Gasteiger partial charge in [-0.15, -0.1) is 0 Å². The molecule has 0 spiro atoms. The summed E-state index contributed by atoms with van der Waals surface area (Å²) < 4.78 is 1.60. The Morgan fingerprint density at radius 3 is 2.65 bits per heavy atom. The molecule has 0 unspecified atom stereocenters. The van der Waals surface area contributed by atoms with Gasteiger partial charge in [0.15, 0.2) is 0 Å². The van der Waals surface area contributed by atoms with Crippen LogP contribution in [-0.2, 0) is 0 Å². The van der Waals surface area contributed by atoms with E-state index in [0.717, 1.165) is 21.8 Å². The number of nitrogens with two attached hydrogens (primary N) is 1. The molecule has 0 saturated heterocycles. The molecule has 5 heteroatoms. The van der Waals surface area contributed by atoms with Crippen molar-refractivity contribution in [3.05, 3.63) is 58.9 Å². The van der Waals surface area contributed by atoms with Gasteiger partial charge >= 0.3 is 0 Å². The van der Waals surface area contributed by atoms with Crippen molar-refractivity contribution in [2.24, 2.45) is 0 Å². The molecule has 2 heterocycles. The number of nitrogens with zero attached hydrogens (tertiary/aromatic N) is 2. The zero-order chi connectivity index (χ0) is 15.7. The lowest BCUT2D eigenvalue weighted by Gasteiger charge is -2.10. The molecule has 0 aliphatic rings. The Balaban J connectivity index is 2.25. The van der Waals surface area contributed by atoms with Crippen LogP contribution in [0.4, 0.5) is 5.69 Å². The van der Waals surface area contributed by atoms with Crippen molar-refractivity contribution in [1.82, 2.24) is 9.38 Å². The standard InChI is InChI=1S/C18H11N3O2/c19-16-9-4-3-5-10-15(9)11(8-14(16)22)17-20-12-6-1-2-7-13(12)21(17)18(10)23/h1-8,22H,19H2. The van der Waals surface area contributed by atoms with E-state index in [4.69, 9.17) is 5.73 Å². The number of hydrogen-bond donors (Lipinski definition) is 2. The minimum atomic E-state index is -0.128. The number of phenolic OH excluding ortho intramolecular Hbond substituents is 1. The number of aromatic hydroxyl groups is 1. The maximum atomic E-state index is 13.0. The van der Waals surface area contributed by atoms with E-state index < -0.39 is 0 Å². The Hall–Kier alpha value is -3.34. The van der Waals surface area contributed by atoms with Gasteiger partial charge in [-0.25, -0.2) is 4.98 Å². The fourth-order valence-electron chi connectivity index (χ4n) is 3.38. The summed E-state index contributed by atoms with van der Waals surface area (Å²) in [6, 6.07) is 14.4. The summed E-state index contributed by atoms with van der Waals surface area (Å²) in [5.74, 6) is -0.00222. The molecular weight excluding hydrogens is 290 g/mol. The van der Waals surface area contributed by atoms with Crippen LogP contribution in [0, 0.1) is 0 Å². The Morgan fingerprint density at radius 1 is 1.00 bits per heavy atom. The predicted molar refractivity (Wildman–Crippen MR) is 91.2 cm³/mol. The fourth-order valence-corrected chi connectivity index (χ4v) is 3.38. The second-order valence-corrected chi connectivity index (χ2v) is 5.65. The lowest BCUT2D eigenvalue weighted by Crippen LogP contribution is -2.13. The Labute approximate surface area is 129 Å². The topological polar surface area (TPSA) is 80.6 Å². The maximum absolute atomic E-state index is 13.0. The van der Waals surface area contributed by atoms with Crippen LogP contribution in [0.15, 0.2) is 53.3 Å². The number of anilines is 1. The van der Waals surface area contributed by atoms with E-state index in [0.29, 0.717) is 16.4 Å². The highest BCUT2D eigenvalue weighted by Crippen LogP contribution is 2.37. The van der Waals surface area contributed by atoms with Gasteiger partial charge in [-0.1, -0.05) is 24.3 Å². The second-order valence-electron chi connectivity index (χ2n) is 5.65. The quantitative estimate of drug-likeness (QED) is 0.340. The van der Waals surface area contributed by atoms with Gasteiger partial charge < -0.3 is 10.8 Å². The van der Waals surface area contributed by atoms with Crippen LogP contribution in [-0.4, -0.2) is 14.5 Å². The molecule has 2 aromatic heterocycles. The number of hydrogen-bond acceptors (Lipinski definition) is 4. The number of pyridine rings is 1. The summed E-state index contributed by atoms with van der Waals surface area (Å²) in [6.07, 6.45) is 0. The lowest BCUT2D eigenvalue weighted by molar-refractivity contribution is 0.479. The number of fused-ring (bicyclic) bond motifs is 4. The highest BCUT2D eigenvalue weighted by Gasteiger charge is 2.18. The highest BCUT2D eigenvalue weighted by molar-refractivity contribution is 6.19. The first-order chi connectivity index (χ1) is 11.2. The number of imidazole rings is 1. The summed E-state index contributed by atoms with van der Waals surface area (Å²) in [5.41, 5.74) is 8.18. The van der Waals surface area contributed by atoms with Crippen molar-refractivity contribution in [3.8, 4) is 5.75 Å². The van der Waals surface area contributed by atoms with Crippen molar-refractivity contribution < 1.29 is 5.11 Å². The SMILES string of the molecule is Nc1c(O)cc2c3c1cccc3c(=O)n1c3ccccc3nc21. The number of nitrogen functional groups attached to an aromatic ring is 1. The van der Waals surface area contributed by atoms with Gasteiger partial charge in [0.05, 0.1) is 16.7 Å². The van der Waals surface area contributed by atoms with Crippen LogP contribution in [0.25, 0.3) is 38.2 Å². The maximum Gasteiger partial charge on any atom is 0.264 e. The van der Waals surface area contributed by atoms with Crippen LogP contribution in [0.2, 0.25) is 0 Å². The van der Waals surface area contributed by atoms with E-state index in [1.807, 2.05) is 30.3 Å². The first-order valence-electron chi connectivity index (χ1n) is 7.23. The average Bonchev–Trinajstić information content (AvgIpc) is 2.96. The summed E-state index contributed by atoms with van der Waals surface area (Å²) in [4.78, 5) is 17.6. The first-order valence-corrected chi connectivity index (χ1v) is 7.23.